The summed E-state index contributed by atoms with van der Waals surface area (Å²) < 4.78 is 33.9. The fourth-order valence-electron chi connectivity index (χ4n) is 3.92. The normalized spacial score (nSPS) is 12.1. The fourth-order valence-corrected chi connectivity index (χ4v) is 5.33. The number of ether oxygens (including phenoxy) is 1. The molecule has 3 aromatic rings. The summed E-state index contributed by atoms with van der Waals surface area (Å²) in [4.78, 5) is 28.3. The van der Waals surface area contributed by atoms with Gasteiger partial charge in [0.2, 0.25) is 11.8 Å². The summed E-state index contributed by atoms with van der Waals surface area (Å²) in [6.45, 7) is 6.79. The van der Waals surface area contributed by atoms with Gasteiger partial charge in [-0.25, -0.2) is 8.42 Å². The van der Waals surface area contributed by atoms with E-state index in [0.717, 1.165) is 15.4 Å². The maximum absolute atomic E-state index is 13.9. The molecule has 0 aromatic heterocycles. The zero-order chi connectivity index (χ0) is 27.9. The van der Waals surface area contributed by atoms with Gasteiger partial charge in [0.25, 0.3) is 10.0 Å². The number of hydrogen-bond donors (Lipinski definition) is 1. The SMILES string of the molecule is COc1cccc(CN(C(=O)CN(c2ccccc2)S(=O)(=O)c2ccc(C)cc2)[C@H](C)C(=O)NC(C)C)c1. The smallest absolute Gasteiger partial charge is 0.264 e. The molecule has 0 aliphatic carbocycles. The zero-order valence-corrected chi connectivity index (χ0v) is 23.2. The topological polar surface area (TPSA) is 96.0 Å². The number of sulfonamides is 1. The van der Waals surface area contributed by atoms with E-state index < -0.39 is 28.5 Å². The number of carbonyl (C=O) groups excluding carboxylic acids is 2. The second kappa shape index (κ2) is 12.6. The molecule has 3 aromatic carbocycles. The Kier molecular flexibility index (Phi) is 9.52. The lowest BCUT2D eigenvalue weighted by Crippen LogP contribution is -2.52. The van der Waals surface area contributed by atoms with Gasteiger partial charge in [0, 0.05) is 12.6 Å². The highest BCUT2D eigenvalue weighted by atomic mass is 32.2. The molecule has 0 spiro atoms. The molecule has 8 nitrogen and oxygen atoms in total. The molecule has 0 saturated carbocycles. The fraction of sp³-hybridized carbons (Fsp3) is 0.310. The van der Waals surface area contributed by atoms with E-state index in [1.807, 2.05) is 26.8 Å². The Labute approximate surface area is 225 Å². The first-order valence-corrected chi connectivity index (χ1v) is 13.8. The summed E-state index contributed by atoms with van der Waals surface area (Å²) in [6.07, 6.45) is 0. The van der Waals surface area contributed by atoms with Crippen LogP contribution in [0, 0.1) is 6.92 Å². The highest BCUT2D eigenvalue weighted by Gasteiger charge is 2.32. The molecular weight excluding hydrogens is 502 g/mol. The summed E-state index contributed by atoms with van der Waals surface area (Å²) >= 11 is 0. The number of nitrogens with zero attached hydrogens (tertiary/aromatic N) is 2. The third kappa shape index (κ3) is 7.13. The molecule has 38 heavy (non-hydrogen) atoms. The van der Waals surface area contributed by atoms with Gasteiger partial charge in [-0.05, 0) is 69.7 Å². The van der Waals surface area contributed by atoms with E-state index in [4.69, 9.17) is 4.74 Å². The zero-order valence-electron chi connectivity index (χ0n) is 22.4. The van der Waals surface area contributed by atoms with Gasteiger partial charge in [-0.15, -0.1) is 0 Å². The third-order valence-electron chi connectivity index (χ3n) is 6.02. The number of nitrogens with one attached hydrogen (secondary N) is 1. The molecule has 0 radical (unpaired) electrons. The number of benzene rings is 3. The molecule has 3 rings (SSSR count). The van der Waals surface area contributed by atoms with Crippen molar-refractivity contribution in [3.8, 4) is 5.75 Å². The van der Waals surface area contributed by atoms with Crippen molar-refractivity contribution in [3.63, 3.8) is 0 Å². The molecule has 0 unspecified atom stereocenters. The van der Waals surface area contributed by atoms with Gasteiger partial charge < -0.3 is 15.0 Å². The number of para-hydroxylation sites is 1. The van der Waals surface area contributed by atoms with Crippen LogP contribution in [-0.4, -0.2) is 50.9 Å². The predicted octanol–water partition coefficient (Wildman–Crippen LogP) is 4.14. The van der Waals surface area contributed by atoms with Crippen molar-refractivity contribution in [2.45, 2.75) is 51.2 Å². The van der Waals surface area contributed by atoms with Crippen LogP contribution in [0.15, 0.2) is 83.8 Å². The average Bonchev–Trinajstić information content (AvgIpc) is 2.90. The number of anilines is 1. The van der Waals surface area contributed by atoms with Gasteiger partial charge in [0.05, 0.1) is 17.7 Å². The van der Waals surface area contributed by atoms with Gasteiger partial charge in [0.1, 0.15) is 18.3 Å². The number of carbonyl (C=O) groups is 2. The highest BCUT2D eigenvalue weighted by molar-refractivity contribution is 7.92. The molecule has 0 aliphatic heterocycles. The lowest BCUT2D eigenvalue weighted by Gasteiger charge is -2.32. The third-order valence-corrected chi connectivity index (χ3v) is 7.81. The van der Waals surface area contributed by atoms with Crippen LogP contribution >= 0.6 is 0 Å². The monoisotopic (exact) mass is 537 g/mol. The van der Waals surface area contributed by atoms with Crippen molar-refractivity contribution in [3.05, 3.63) is 90.0 Å². The van der Waals surface area contributed by atoms with Gasteiger partial charge >= 0.3 is 0 Å². The van der Waals surface area contributed by atoms with Crippen LogP contribution in [0.4, 0.5) is 5.69 Å². The van der Waals surface area contributed by atoms with E-state index >= 15 is 0 Å². The average molecular weight is 538 g/mol. The Hall–Kier alpha value is -3.85. The Bertz CT molecular complexity index is 1340. The molecule has 0 fully saturated rings. The van der Waals surface area contributed by atoms with Gasteiger partial charge in [0.15, 0.2) is 0 Å². The number of aryl methyl sites for hydroxylation is 1. The number of rotatable bonds is 11. The first-order valence-electron chi connectivity index (χ1n) is 12.4. The van der Waals surface area contributed by atoms with E-state index in [-0.39, 0.29) is 23.4 Å². The molecule has 1 atom stereocenters. The predicted molar refractivity (Wildman–Crippen MR) is 148 cm³/mol. The Morgan fingerprint density at radius 2 is 1.58 bits per heavy atom. The Morgan fingerprint density at radius 1 is 0.921 bits per heavy atom. The second-order valence-electron chi connectivity index (χ2n) is 9.37. The van der Waals surface area contributed by atoms with E-state index in [1.54, 1.807) is 74.7 Å². The van der Waals surface area contributed by atoms with Crippen molar-refractivity contribution in [2.75, 3.05) is 18.0 Å². The molecule has 0 heterocycles. The molecular formula is C29H35N3O5S. The van der Waals surface area contributed by atoms with Crippen LogP contribution in [0.25, 0.3) is 0 Å². The second-order valence-corrected chi connectivity index (χ2v) is 11.2. The molecule has 0 aliphatic rings. The Morgan fingerprint density at radius 3 is 2.18 bits per heavy atom. The van der Waals surface area contributed by atoms with Crippen LogP contribution in [0.3, 0.4) is 0 Å². The van der Waals surface area contributed by atoms with E-state index in [1.165, 1.54) is 17.0 Å². The highest BCUT2D eigenvalue weighted by Crippen LogP contribution is 2.25. The van der Waals surface area contributed by atoms with Crippen molar-refractivity contribution in [1.29, 1.82) is 0 Å². The Balaban J connectivity index is 2.01. The van der Waals surface area contributed by atoms with E-state index in [9.17, 15) is 18.0 Å². The summed E-state index contributed by atoms with van der Waals surface area (Å²) in [5, 5.41) is 2.84. The van der Waals surface area contributed by atoms with E-state index in [0.29, 0.717) is 11.4 Å². The minimum atomic E-state index is -4.08. The quantitative estimate of drug-likeness (QED) is 0.397. The summed E-state index contributed by atoms with van der Waals surface area (Å²) in [5.74, 6) is -0.232. The summed E-state index contributed by atoms with van der Waals surface area (Å²) in [6, 6.07) is 21.2. The molecule has 0 saturated heterocycles. The van der Waals surface area contributed by atoms with Gasteiger partial charge in [-0.3, -0.25) is 13.9 Å². The lowest BCUT2D eigenvalue weighted by atomic mass is 10.1. The van der Waals surface area contributed by atoms with Crippen LogP contribution in [0.5, 0.6) is 5.75 Å². The lowest BCUT2D eigenvalue weighted by molar-refractivity contribution is -0.139. The van der Waals surface area contributed by atoms with Crippen LogP contribution in [0.1, 0.15) is 31.9 Å². The maximum Gasteiger partial charge on any atom is 0.264 e. The van der Waals surface area contributed by atoms with Crippen molar-refractivity contribution < 1.29 is 22.7 Å². The standard InChI is InChI=1S/C29H35N3O5S/c1-21(2)30-29(34)23(4)31(19-24-10-9-13-26(18-24)37-5)28(33)20-32(25-11-7-6-8-12-25)38(35,36)27-16-14-22(3)15-17-27/h6-18,21,23H,19-20H2,1-5H3,(H,30,34)/t23-/m1/s1. The van der Waals surface area contributed by atoms with E-state index in [2.05, 4.69) is 5.32 Å². The molecule has 9 heteroatoms. The van der Waals surface area contributed by atoms with Gasteiger partial charge in [-0.2, -0.15) is 0 Å². The molecule has 1 N–H and O–H groups in total. The minimum absolute atomic E-state index is 0.0738. The minimum Gasteiger partial charge on any atom is -0.497 e. The van der Waals surface area contributed by atoms with Crippen molar-refractivity contribution in [2.24, 2.45) is 0 Å². The largest absolute Gasteiger partial charge is 0.497 e. The molecule has 2 amide bonds. The van der Waals surface area contributed by atoms with Gasteiger partial charge in [-0.1, -0.05) is 48.0 Å². The molecule has 0 bridgehead atoms. The number of amides is 2. The van der Waals surface area contributed by atoms with Crippen LogP contribution in [0.2, 0.25) is 0 Å². The first kappa shape index (κ1) is 28.7. The van der Waals surface area contributed by atoms with Crippen molar-refractivity contribution in [1.82, 2.24) is 10.2 Å². The first-order chi connectivity index (χ1) is 18.0. The number of methoxy groups -OCH3 is 1. The van der Waals surface area contributed by atoms with Crippen molar-refractivity contribution >= 4 is 27.5 Å². The summed E-state index contributed by atoms with van der Waals surface area (Å²) in [5.41, 5.74) is 2.01. The summed E-state index contributed by atoms with van der Waals surface area (Å²) in [7, 11) is -2.53. The maximum atomic E-state index is 13.9. The number of hydrogen-bond acceptors (Lipinski definition) is 5. The molecule has 202 valence electrons. The van der Waals surface area contributed by atoms with Crippen LogP contribution < -0.4 is 14.4 Å². The van der Waals surface area contributed by atoms with Crippen LogP contribution in [-0.2, 0) is 26.2 Å².